The molecular weight excluding hydrogens is 84.1 g/mol. The molecule has 0 aliphatic heterocycles. The second kappa shape index (κ2) is 2.40. The van der Waals surface area contributed by atoms with Gasteiger partial charge >= 0.3 is 0 Å². The summed E-state index contributed by atoms with van der Waals surface area (Å²) in [5, 5.41) is 0. The molecule has 0 atom stereocenters. The van der Waals surface area contributed by atoms with Crippen LogP contribution in [0.2, 0.25) is 0 Å². The third-order valence-corrected chi connectivity index (χ3v) is 0.500. The standard InChI is InChI=1S/C7H10/c1-6(2)5-7(3)4/h1-5H2. The molecule has 0 aromatic carbocycles. The Morgan fingerprint density at radius 3 is 2.00 bits per heavy atom. The molecular formula is C7H10. The highest BCUT2D eigenvalue weighted by atomic mass is 13.9. The highest BCUT2D eigenvalue weighted by molar-refractivity contribution is 5.12. The summed E-state index contributed by atoms with van der Waals surface area (Å²) in [4.78, 5) is 0. The maximum atomic E-state index is 3.58. The summed E-state index contributed by atoms with van der Waals surface area (Å²) in [7, 11) is 0. The SMILES string of the molecule is C=C([CH2+])CC(=C)[CH2-]. The van der Waals surface area contributed by atoms with E-state index >= 15 is 0 Å². The monoisotopic (exact) mass is 94.1 g/mol. The van der Waals surface area contributed by atoms with E-state index in [0.717, 1.165) is 17.6 Å². The average Bonchev–Trinajstić information content (AvgIpc) is 1.27. The third-order valence-electron chi connectivity index (χ3n) is 0.500. The van der Waals surface area contributed by atoms with E-state index in [1.807, 2.05) is 0 Å². The van der Waals surface area contributed by atoms with Crippen LogP contribution in [0.4, 0.5) is 0 Å². The number of allylic oxidation sites excluding steroid dienone is 2. The average molecular weight is 94.2 g/mol. The molecule has 38 valence electrons. The van der Waals surface area contributed by atoms with E-state index in [4.69, 9.17) is 0 Å². The lowest BCUT2D eigenvalue weighted by molar-refractivity contribution is 1.23. The van der Waals surface area contributed by atoms with Crippen LogP contribution < -0.4 is 0 Å². The predicted octanol–water partition coefficient (Wildman–Crippen LogP) is 2.16. The van der Waals surface area contributed by atoms with E-state index in [2.05, 4.69) is 27.0 Å². The van der Waals surface area contributed by atoms with Gasteiger partial charge in [0, 0.05) is 19.9 Å². The smallest absolute Gasteiger partial charge is 0.0977 e. The molecule has 0 heterocycles. The van der Waals surface area contributed by atoms with Crippen molar-refractivity contribution in [3.8, 4) is 0 Å². The van der Waals surface area contributed by atoms with E-state index in [1.165, 1.54) is 0 Å². The first-order valence-electron chi connectivity index (χ1n) is 2.12. The van der Waals surface area contributed by atoms with Gasteiger partial charge < -0.3 is 0 Å². The maximum Gasteiger partial charge on any atom is 0.0977 e. The van der Waals surface area contributed by atoms with Crippen molar-refractivity contribution in [1.29, 1.82) is 0 Å². The predicted molar refractivity (Wildman–Crippen MR) is 33.6 cm³/mol. The second-order valence-corrected chi connectivity index (χ2v) is 1.68. The molecule has 0 unspecified atom stereocenters. The van der Waals surface area contributed by atoms with E-state index < -0.39 is 0 Å². The van der Waals surface area contributed by atoms with E-state index in [1.54, 1.807) is 0 Å². The van der Waals surface area contributed by atoms with E-state index in [9.17, 15) is 0 Å². The summed E-state index contributed by atoms with van der Waals surface area (Å²) in [6.07, 6.45) is 0.750. The van der Waals surface area contributed by atoms with E-state index in [-0.39, 0.29) is 0 Å². The quantitative estimate of drug-likeness (QED) is 0.460. The Hall–Kier alpha value is -0.780. The van der Waals surface area contributed by atoms with Crippen molar-refractivity contribution in [2.45, 2.75) is 6.42 Å². The lowest BCUT2D eigenvalue weighted by Crippen LogP contribution is -1.73. The highest BCUT2D eigenvalue weighted by Crippen LogP contribution is 2.02. The second-order valence-electron chi connectivity index (χ2n) is 1.68. The molecule has 0 aromatic heterocycles. The Morgan fingerprint density at radius 1 is 1.57 bits per heavy atom. The van der Waals surface area contributed by atoms with Crippen molar-refractivity contribution in [3.05, 3.63) is 38.2 Å². The van der Waals surface area contributed by atoms with Gasteiger partial charge in [-0.15, -0.1) is 0 Å². The fourth-order valence-electron chi connectivity index (χ4n) is 0.354. The molecule has 0 fully saturated rings. The molecule has 0 rings (SSSR count). The normalized spacial score (nSPS) is 8.00. The largest absolute Gasteiger partial charge is 0.242 e. The van der Waals surface area contributed by atoms with Crippen LogP contribution in [0.1, 0.15) is 6.42 Å². The van der Waals surface area contributed by atoms with Crippen molar-refractivity contribution in [1.82, 2.24) is 0 Å². The van der Waals surface area contributed by atoms with Gasteiger partial charge in [0.15, 0.2) is 0 Å². The first-order chi connectivity index (χ1) is 3.13. The maximum absolute atomic E-state index is 3.58. The molecule has 0 saturated carbocycles. The van der Waals surface area contributed by atoms with Crippen LogP contribution in [0.15, 0.2) is 24.3 Å². The summed E-state index contributed by atoms with van der Waals surface area (Å²) >= 11 is 0. The molecule has 0 bridgehead atoms. The third kappa shape index (κ3) is 5.22. The van der Waals surface area contributed by atoms with Gasteiger partial charge in [-0.25, -0.2) is 19.1 Å². The van der Waals surface area contributed by atoms with Crippen molar-refractivity contribution in [2.75, 3.05) is 0 Å². The summed E-state index contributed by atoms with van der Waals surface area (Å²) in [6.45, 7) is 14.3. The molecule has 0 spiro atoms. The van der Waals surface area contributed by atoms with Crippen LogP contribution in [-0.2, 0) is 0 Å². The summed E-state index contributed by atoms with van der Waals surface area (Å²) < 4.78 is 0. The number of hydrogen-bond acceptors (Lipinski definition) is 0. The van der Waals surface area contributed by atoms with Gasteiger partial charge in [-0.05, 0) is 0 Å². The van der Waals surface area contributed by atoms with Gasteiger partial charge in [0.25, 0.3) is 0 Å². The van der Waals surface area contributed by atoms with Crippen LogP contribution in [0, 0.1) is 13.8 Å². The molecule has 0 aliphatic rings. The minimum Gasteiger partial charge on any atom is -0.242 e. The van der Waals surface area contributed by atoms with Crippen LogP contribution in [-0.4, -0.2) is 0 Å². The van der Waals surface area contributed by atoms with Crippen molar-refractivity contribution >= 4 is 0 Å². The van der Waals surface area contributed by atoms with Gasteiger partial charge in [0.2, 0.25) is 0 Å². The Bertz CT molecular complexity index is 76.2. The molecule has 0 aromatic rings. The first kappa shape index (κ1) is 6.22. The summed E-state index contributed by atoms with van der Waals surface area (Å²) in [5.41, 5.74) is 1.75. The van der Waals surface area contributed by atoms with Gasteiger partial charge in [0.05, 0.1) is 5.57 Å². The molecule has 0 nitrogen and oxygen atoms in total. The van der Waals surface area contributed by atoms with Crippen molar-refractivity contribution < 1.29 is 0 Å². The van der Waals surface area contributed by atoms with Gasteiger partial charge in [-0.2, -0.15) is 0 Å². The molecule has 0 heteroatoms. The fourth-order valence-corrected chi connectivity index (χ4v) is 0.354. The van der Waals surface area contributed by atoms with Crippen molar-refractivity contribution in [3.63, 3.8) is 0 Å². The van der Waals surface area contributed by atoms with Crippen LogP contribution in [0.5, 0.6) is 0 Å². The molecule has 0 radical (unpaired) electrons. The van der Waals surface area contributed by atoms with Crippen molar-refractivity contribution in [2.24, 2.45) is 0 Å². The minimum absolute atomic E-state index is 0.750. The Labute approximate surface area is 45.5 Å². The molecule has 0 N–H and O–H groups in total. The topological polar surface area (TPSA) is 0 Å². The first-order valence-corrected chi connectivity index (χ1v) is 2.12. The number of rotatable bonds is 2. The minimum atomic E-state index is 0.750. The Balaban J connectivity index is 3.32. The van der Waals surface area contributed by atoms with Crippen LogP contribution in [0.3, 0.4) is 0 Å². The van der Waals surface area contributed by atoms with Gasteiger partial charge in [0.1, 0.15) is 0 Å². The van der Waals surface area contributed by atoms with Gasteiger partial charge in [-0.1, -0.05) is 0 Å². The Kier molecular flexibility index (Phi) is 2.14. The summed E-state index contributed by atoms with van der Waals surface area (Å²) in [5.74, 6) is 0. The lowest BCUT2D eigenvalue weighted by Gasteiger charge is -1.95. The van der Waals surface area contributed by atoms with Crippen LogP contribution >= 0.6 is 0 Å². The number of hydrogen-bond donors (Lipinski definition) is 0. The summed E-state index contributed by atoms with van der Waals surface area (Å²) in [6, 6.07) is 0. The molecule has 0 amide bonds. The zero-order valence-corrected chi connectivity index (χ0v) is 4.54. The zero-order chi connectivity index (χ0) is 5.86. The molecule has 7 heavy (non-hydrogen) atoms. The Morgan fingerprint density at radius 2 is 2.00 bits per heavy atom. The zero-order valence-electron chi connectivity index (χ0n) is 4.54. The van der Waals surface area contributed by atoms with Gasteiger partial charge in [-0.3, -0.25) is 0 Å². The lowest BCUT2D eigenvalue weighted by atomic mass is 10.1. The fraction of sp³-hybridized carbons (Fsp3) is 0.143. The van der Waals surface area contributed by atoms with Crippen LogP contribution in [0.25, 0.3) is 0 Å². The highest BCUT2D eigenvalue weighted by Gasteiger charge is 1.84. The van der Waals surface area contributed by atoms with E-state index in [0.29, 0.717) is 0 Å². The molecule has 0 aliphatic carbocycles. The molecule has 0 saturated heterocycles.